The summed E-state index contributed by atoms with van der Waals surface area (Å²) in [6.45, 7) is 2.76. The van der Waals surface area contributed by atoms with Crippen molar-refractivity contribution in [3.8, 4) is 11.5 Å². The molecule has 6 nitrogen and oxygen atoms in total. The van der Waals surface area contributed by atoms with Crippen LogP contribution in [0.15, 0.2) is 74.3 Å². The second kappa shape index (κ2) is 11.2. The van der Waals surface area contributed by atoms with Gasteiger partial charge in [-0.1, -0.05) is 59.8 Å². The number of methoxy groups -OCH3 is 1. The second-order valence-electron chi connectivity index (χ2n) is 9.19. The molecule has 1 aliphatic rings. The van der Waals surface area contributed by atoms with Crippen molar-refractivity contribution in [2.45, 2.75) is 38.6 Å². The first kappa shape index (κ1) is 26.3. The Morgan fingerprint density at radius 1 is 0.974 bits per heavy atom. The fourth-order valence-corrected chi connectivity index (χ4v) is 5.25. The Morgan fingerprint density at radius 2 is 1.76 bits per heavy atom. The highest BCUT2D eigenvalue weighted by molar-refractivity contribution is 9.10. The Morgan fingerprint density at radius 3 is 2.50 bits per heavy atom. The van der Waals surface area contributed by atoms with Crippen molar-refractivity contribution in [1.82, 2.24) is 0 Å². The number of rotatable bonds is 9. The first-order chi connectivity index (χ1) is 18.4. The van der Waals surface area contributed by atoms with E-state index in [1.807, 2.05) is 42.5 Å². The Bertz CT molecular complexity index is 1550. The van der Waals surface area contributed by atoms with Crippen molar-refractivity contribution in [1.29, 1.82) is 0 Å². The Kier molecular flexibility index (Phi) is 7.77. The van der Waals surface area contributed by atoms with E-state index in [1.54, 1.807) is 30.2 Å². The van der Waals surface area contributed by atoms with Crippen LogP contribution >= 0.6 is 27.5 Å². The van der Waals surface area contributed by atoms with Crippen molar-refractivity contribution in [2.75, 3.05) is 18.6 Å². The molecule has 8 heteroatoms. The minimum atomic E-state index is -0.731. The number of carbonyl (C=O) groups excluding carboxylic acids is 1. The van der Waals surface area contributed by atoms with Crippen LogP contribution < -0.4 is 19.8 Å². The predicted molar refractivity (Wildman–Crippen MR) is 153 cm³/mol. The summed E-state index contributed by atoms with van der Waals surface area (Å²) in [4.78, 5) is 29.2. The summed E-state index contributed by atoms with van der Waals surface area (Å²) in [6.07, 6.45) is 4.39. The van der Waals surface area contributed by atoms with E-state index in [0.29, 0.717) is 45.3 Å². The zero-order chi connectivity index (χ0) is 26.8. The van der Waals surface area contributed by atoms with Gasteiger partial charge in [-0.3, -0.25) is 14.5 Å². The molecule has 0 spiro atoms. The molecule has 1 aromatic heterocycles. The maximum atomic E-state index is 13.8. The van der Waals surface area contributed by atoms with E-state index in [0.717, 1.165) is 23.7 Å². The van der Waals surface area contributed by atoms with Crippen molar-refractivity contribution in [3.63, 3.8) is 0 Å². The van der Waals surface area contributed by atoms with Gasteiger partial charge < -0.3 is 13.9 Å². The minimum absolute atomic E-state index is 0.0213. The van der Waals surface area contributed by atoms with Crippen molar-refractivity contribution >= 4 is 50.1 Å². The summed E-state index contributed by atoms with van der Waals surface area (Å²) in [6, 6.07) is 17.0. The number of unbranched alkanes of at least 4 members (excludes halogenated alkanes) is 3. The molecule has 3 aromatic carbocycles. The van der Waals surface area contributed by atoms with Crippen molar-refractivity contribution < 1.29 is 18.7 Å². The number of ether oxygens (including phenoxy) is 2. The predicted octanol–water partition coefficient (Wildman–Crippen LogP) is 7.93. The SMILES string of the molecule is CCCCCCOc1ccc(C2c3c(oc4ccc(Cl)cc4c3=O)C(=O)N2c2ccc(Br)cc2)cc1OC. The average Bonchev–Trinajstić information content (AvgIpc) is 3.22. The van der Waals surface area contributed by atoms with Gasteiger partial charge in [0.05, 0.1) is 30.7 Å². The maximum absolute atomic E-state index is 13.8. The minimum Gasteiger partial charge on any atom is -0.493 e. The lowest BCUT2D eigenvalue weighted by molar-refractivity contribution is 0.0971. The van der Waals surface area contributed by atoms with Gasteiger partial charge in [-0.2, -0.15) is 0 Å². The molecule has 0 saturated heterocycles. The normalized spacial score (nSPS) is 14.7. The molecule has 0 radical (unpaired) electrons. The first-order valence-electron chi connectivity index (χ1n) is 12.6. The summed E-state index contributed by atoms with van der Waals surface area (Å²) in [5.41, 5.74) is 1.61. The van der Waals surface area contributed by atoms with Crippen molar-refractivity contribution in [2.24, 2.45) is 0 Å². The molecule has 4 aromatic rings. The average molecular weight is 597 g/mol. The second-order valence-corrected chi connectivity index (χ2v) is 10.5. The number of benzene rings is 3. The van der Waals surface area contributed by atoms with E-state index in [9.17, 15) is 9.59 Å². The summed E-state index contributed by atoms with van der Waals surface area (Å²) in [5.74, 6) is 0.775. The highest BCUT2D eigenvalue weighted by Gasteiger charge is 2.44. The quantitative estimate of drug-likeness (QED) is 0.184. The largest absolute Gasteiger partial charge is 0.493 e. The number of nitrogens with zero attached hydrogens (tertiary/aromatic N) is 1. The van der Waals surface area contributed by atoms with Gasteiger partial charge in [0.1, 0.15) is 5.58 Å². The summed E-state index contributed by atoms with van der Waals surface area (Å²) < 4.78 is 18.6. The molecule has 0 N–H and O–H groups in total. The number of amides is 1. The molecule has 0 saturated carbocycles. The van der Waals surface area contributed by atoms with Gasteiger partial charge in [0.2, 0.25) is 5.76 Å². The van der Waals surface area contributed by atoms with Gasteiger partial charge >= 0.3 is 0 Å². The molecule has 1 aliphatic heterocycles. The van der Waals surface area contributed by atoms with E-state index in [-0.39, 0.29) is 16.8 Å². The maximum Gasteiger partial charge on any atom is 0.295 e. The number of halogens is 2. The molecule has 1 atom stereocenters. The van der Waals surface area contributed by atoms with E-state index in [4.69, 9.17) is 25.5 Å². The lowest BCUT2D eigenvalue weighted by Gasteiger charge is -2.26. The van der Waals surface area contributed by atoms with Crippen LogP contribution in [0.3, 0.4) is 0 Å². The smallest absolute Gasteiger partial charge is 0.295 e. The molecule has 38 heavy (non-hydrogen) atoms. The Balaban J connectivity index is 1.63. The molecule has 2 heterocycles. The van der Waals surface area contributed by atoms with Crippen LogP contribution in [-0.2, 0) is 0 Å². The number of hydrogen-bond acceptors (Lipinski definition) is 5. The van der Waals surface area contributed by atoms with E-state index in [1.165, 1.54) is 6.42 Å². The Labute approximate surface area is 234 Å². The number of anilines is 1. The molecule has 0 aliphatic carbocycles. The summed E-state index contributed by atoms with van der Waals surface area (Å²) >= 11 is 9.65. The van der Waals surface area contributed by atoms with Crippen molar-refractivity contribution in [3.05, 3.63) is 97.3 Å². The van der Waals surface area contributed by atoms with Gasteiger partial charge in [0, 0.05) is 15.2 Å². The molecule has 0 fully saturated rings. The molecule has 1 amide bonds. The third-order valence-electron chi connectivity index (χ3n) is 6.70. The van der Waals surface area contributed by atoms with Gasteiger partial charge in [0.15, 0.2) is 16.9 Å². The highest BCUT2D eigenvalue weighted by Crippen LogP contribution is 2.43. The summed E-state index contributed by atoms with van der Waals surface area (Å²) in [7, 11) is 1.58. The topological polar surface area (TPSA) is 69.0 Å². The van der Waals surface area contributed by atoms with Crippen LogP contribution in [0.4, 0.5) is 5.69 Å². The first-order valence-corrected chi connectivity index (χ1v) is 13.8. The molecule has 1 unspecified atom stereocenters. The fourth-order valence-electron chi connectivity index (χ4n) is 4.81. The number of carbonyl (C=O) groups is 1. The molecule has 196 valence electrons. The van der Waals surface area contributed by atoms with Gasteiger partial charge in [0.25, 0.3) is 5.91 Å². The standard InChI is InChI=1S/C30H27BrClNO5/c1-3-4-5-6-15-37-24-13-7-18(16-25(24)36-2)27-26-28(34)22-17-20(32)10-14-23(22)38-29(26)30(35)33(27)21-11-8-19(31)9-12-21/h7-14,16-17,27H,3-6,15H2,1-2H3. The molecular formula is C30H27BrClNO5. The van der Waals surface area contributed by atoms with Crippen LogP contribution in [0.1, 0.15) is 60.3 Å². The van der Waals surface area contributed by atoms with Crippen LogP contribution in [0.25, 0.3) is 11.0 Å². The lowest BCUT2D eigenvalue weighted by atomic mass is 9.97. The van der Waals surface area contributed by atoms with Crippen LogP contribution in [0.5, 0.6) is 11.5 Å². The lowest BCUT2D eigenvalue weighted by Crippen LogP contribution is -2.29. The van der Waals surface area contributed by atoms with Gasteiger partial charge in [-0.25, -0.2) is 0 Å². The zero-order valence-corrected chi connectivity index (χ0v) is 23.5. The monoisotopic (exact) mass is 595 g/mol. The molecular weight excluding hydrogens is 570 g/mol. The van der Waals surface area contributed by atoms with Crippen LogP contribution in [-0.4, -0.2) is 19.6 Å². The zero-order valence-electron chi connectivity index (χ0n) is 21.1. The van der Waals surface area contributed by atoms with Crippen LogP contribution in [0.2, 0.25) is 5.02 Å². The number of hydrogen-bond donors (Lipinski definition) is 0. The van der Waals surface area contributed by atoms with Crippen LogP contribution in [0, 0.1) is 0 Å². The van der Waals surface area contributed by atoms with E-state index < -0.39 is 11.9 Å². The highest BCUT2D eigenvalue weighted by atomic mass is 79.9. The van der Waals surface area contributed by atoms with Gasteiger partial charge in [-0.05, 0) is 66.6 Å². The third-order valence-corrected chi connectivity index (χ3v) is 7.46. The Hall–Kier alpha value is -3.29. The molecule has 0 bridgehead atoms. The van der Waals surface area contributed by atoms with E-state index in [2.05, 4.69) is 22.9 Å². The third kappa shape index (κ3) is 4.93. The summed E-state index contributed by atoms with van der Waals surface area (Å²) in [5, 5.41) is 0.739. The molecule has 5 rings (SSSR count). The van der Waals surface area contributed by atoms with E-state index >= 15 is 0 Å². The fraction of sp³-hybridized carbons (Fsp3) is 0.267. The number of fused-ring (bicyclic) bond motifs is 2. The van der Waals surface area contributed by atoms with Gasteiger partial charge in [-0.15, -0.1) is 0 Å².